The maximum Gasteiger partial charge on any atom is 0.152 e. The predicted octanol–water partition coefficient (Wildman–Crippen LogP) is 1.06. The van der Waals surface area contributed by atoms with Gasteiger partial charge in [0.2, 0.25) is 0 Å². The summed E-state index contributed by atoms with van der Waals surface area (Å²) >= 11 is 0. The zero-order chi connectivity index (χ0) is 22.1. The Balaban J connectivity index is 0. The van der Waals surface area contributed by atoms with Gasteiger partial charge in [0.25, 0.3) is 0 Å². The average molecular weight is 451 g/mol. The van der Waals surface area contributed by atoms with Gasteiger partial charge in [-0.25, -0.2) is 0 Å². The third-order valence-electron chi connectivity index (χ3n) is 5.98. The molecule has 0 radical (unpaired) electrons. The van der Waals surface area contributed by atoms with Gasteiger partial charge < -0.3 is 32.4 Å². The Hall–Kier alpha value is -0.200. The number of rotatable bonds is 20. The molecule has 0 saturated carbocycles. The van der Waals surface area contributed by atoms with Crippen LogP contribution in [0, 0.1) is 0 Å². The molecule has 0 fully saturated rings. The Morgan fingerprint density at radius 2 is 1.37 bits per heavy atom. The molecule has 0 aliphatic heterocycles. The number of quaternary nitrogens is 1. The molecule has 0 amide bonds. The average Bonchev–Trinajstić information content (AvgIpc) is 2.64. The van der Waals surface area contributed by atoms with Crippen molar-refractivity contribution >= 4 is 5.78 Å². The van der Waals surface area contributed by atoms with Crippen LogP contribution in [0.4, 0.5) is 0 Å². The van der Waals surface area contributed by atoms with Crippen molar-refractivity contribution in [3.05, 3.63) is 0 Å². The van der Waals surface area contributed by atoms with E-state index in [1.807, 2.05) is 6.92 Å². The largest absolute Gasteiger partial charge is 1.00 e. The molecule has 30 heavy (non-hydrogen) atoms. The molecule has 0 aromatic carbocycles. The molecule has 0 heterocycles. The van der Waals surface area contributed by atoms with Gasteiger partial charge in [0.15, 0.2) is 5.78 Å². The second-order valence-electron chi connectivity index (χ2n) is 9.65. The van der Waals surface area contributed by atoms with Crippen LogP contribution in [0.1, 0.15) is 97.3 Å². The van der Waals surface area contributed by atoms with E-state index in [0.717, 1.165) is 19.3 Å². The van der Waals surface area contributed by atoms with E-state index in [1.54, 1.807) is 0 Å². The van der Waals surface area contributed by atoms with Gasteiger partial charge in [-0.15, -0.1) is 0 Å². The second kappa shape index (κ2) is 19.5. The van der Waals surface area contributed by atoms with Gasteiger partial charge in [-0.1, -0.05) is 71.1 Å². The SMILES string of the molecule is CCCCCCCCCCCCCC(=O)C(CO)NCCC(C(C)O)[N+](C)(C)C.[Cl-]. The highest BCUT2D eigenvalue weighted by Gasteiger charge is 2.28. The number of Topliss-reactive ketones (excluding diaryl/α,β-unsaturated/α-hetero) is 1. The van der Waals surface area contributed by atoms with Crippen molar-refractivity contribution in [3.63, 3.8) is 0 Å². The Bertz CT molecular complexity index is 400. The summed E-state index contributed by atoms with van der Waals surface area (Å²) in [6.07, 6.45) is 14.9. The number of carbonyl (C=O) groups excluding carboxylic acids is 1. The highest BCUT2D eigenvalue weighted by Crippen LogP contribution is 2.13. The molecule has 6 heteroatoms. The molecular weight excluding hydrogens is 400 g/mol. The smallest absolute Gasteiger partial charge is 0.152 e. The van der Waals surface area contributed by atoms with Crippen LogP contribution in [-0.4, -0.2) is 73.0 Å². The Kier molecular flexibility index (Phi) is 20.8. The van der Waals surface area contributed by atoms with Crippen LogP contribution in [0.3, 0.4) is 0 Å². The number of unbranched alkanes of at least 4 members (excludes halogenated alkanes) is 10. The lowest BCUT2D eigenvalue weighted by Crippen LogP contribution is -3.00. The van der Waals surface area contributed by atoms with Crippen molar-refractivity contribution in [2.75, 3.05) is 34.3 Å². The molecule has 0 aromatic rings. The number of nitrogens with zero attached hydrogens (tertiary/aromatic N) is 1. The van der Waals surface area contributed by atoms with E-state index in [9.17, 15) is 15.0 Å². The summed E-state index contributed by atoms with van der Waals surface area (Å²) in [7, 11) is 6.20. The van der Waals surface area contributed by atoms with Crippen LogP contribution < -0.4 is 17.7 Å². The van der Waals surface area contributed by atoms with E-state index in [2.05, 4.69) is 33.4 Å². The topological polar surface area (TPSA) is 69.6 Å². The van der Waals surface area contributed by atoms with Crippen molar-refractivity contribution in [2.24, 2.45) is 0 Å². The summed E-state index contributed by atoms with van der Waals surface area (Å²) in [4.78, 5) is 12.4. The van der Waals surface area contributed by atoms with Crippen molar-refractivity contribution in [1.29, 1.82) is 0 Å². The van der Waals surface area contributed by atoms with Crippen molar-refractivity contribution in [3.8, 4) is 0 Å². The number of hydrogen-bond donors (Lipinski definition) is 3. The van der Waals surface area contributed by atoms with E-state index in [-0.39, 0.29) is 30.8 Å². The summed E-state index contributed by atoms with van der Waals surface area (Å²) < 4.78 is 0.676. The van der Waals surface area contributed by atoms with Gasteiger partial charge in [-0.3, -0.25) is 4.79 Å². The van der Waals surface area contributed by atoms with Crippen LogP contribution in [0.15, 0.2) is 0 Å². The minimum atomic E-state index is -0.472. The first kappa shape index (κ1) is 32.0. The molecule has 3 N–H and O–H groups in total. The summed E-state index contributed by atoms with van der Waals surface area (Å²) in [5, 5.41) is 22.8. The number of hydrogen-bond acceptors (Lipinski definition) is 4. The minimum absolute atomic E-state index is 0. The molecule has 182 valence electrons. The third-order valence-corrected chi connectivity index (χ3v) is 5.98. The molecule has 5 nitrogen and oxygen atoms in total. The van der Waals surface area contributed by atoms with E-state index >= 15 is 0 Å². The zero-order valence-electron chi connectivity index (χ0n) is 20.5. The maximum absolute atomic E-state index is 12.4. The van der Waals surface area contributed by atoms with E-state index in [4.69, 9.17) is 0 Å². The summed E-state index contributed by atoms with van der Waals surface area (Å²) in [5.41, 5.74) is 0. The highest BCUT2D eigenvalue weighted by molar-refractivity contribution is 5.84. The fourth-order valence-electron chi connectivity index (χ4n) is 4.10. The number of nitrogens with one attached hydrogen (secondary N) is 1. The van der Waals surface area contributed by atoms with Crippen LogP contribution in [0.25, 0.3) is 0 Å². The van der Waals surface area contributed by atoms with Crippen molar-refractivity contribution in [1.82, 2.24) is 5.32 Å². The molecule has 3 atom stereocenters. The van der Waals surface area contributed by atoms with E-state index < -0.39 is 12.1 Å². The van der Waals surface area contributed by atoms with E-state index in [1.165, 1.54) is 57.8 Å². The normalized spacial score (nSPS) is 14.8. The Morgan fingerprint density at radius 1 is 0.900 bits per heavy atom. The fourth-order valence-corrected chi connectivity index (χ4v) is 4.10. The minimum Gasteiger partial charge on any atom is -1.00 e. The number of carbonyl (C=O) groups is 1. The Morgan fingerprint density at radius 3 is 1.77 bits per heavy atom. The number of aliphatic hydroxyl groups excluding tert-OH is 2. The first-order valence-corrected chi connectivity index (χ1v) is 12.1. The van der Waals surface area contributed by atoms with Gasteiger partial charge in [0.1, 0.15) is 12.1 Å². The lowest BCUT2D eigenvalue weighted by atomic mass is 10.0. The van der Waals surface area contributed by atoms with Crippen LogP contribution in [-0.2, 0) is 4.79 Å². The zero-order valence-corrected chi connectivity index (χ0v) is 21.2. The van der Waals surface area contributed by atoms with E-state index in [0.29, 0.717) is 17.4 Å². The van der Waals surface area contributed by atoms with Gasteiger partial charge in [-0.2, -0.15) is 0 Å². The Labute approximate surface area is 193 Å². The summed E-state index contributed by atoms with van der Waals surface area (Å²) in [5.74, 6) is 0.113. The van der Waals surface area contributed by atoms with Crippen LogP contribution in [0.2, 0.25) is 0 Å². The molecule has 0 saturated heterocycles. The first-order chi connectivity index (χ1) is 13.7. The predicted molar refractivity (Wildman–Crippen MR) is 123 cm³/mol. The molecule has 3 unspecified atom stereocenters. The van der Waals surface area contributed by atoms with Crippen molar-refractivity contribution in [2.45, 2.75) is 116 Å². The second-order valence-corrected chi connectivity index (χ2v) is 9.65. The molecule has 0 aromatic heterocycles. The molecule has 0 aliphatic rings. The molecule has 0 aliphatic carbocycles. The summed E-state index contributed by atoms with van der Waals surface area (Å²) in [6, 6.07) is -0.371. The molecule has 0 spiro atoms. The lowest BCUT2D eigenvalue weighted by molar-refractivity contribution is -0.899. The first-order valence-electron chi connectivity index (χ1n) is 12.1. The maximum atomic E-state index is 12.4. The molecular formula is C24H51ClN2O3. The third kappa shape index (κ3) is 16.5. The van der Waals surface area contributed by atoms with Gasteiger partial charge in [0, 0.05) is 19.4 Å². The van der Waals surface area contributed by atoms with Gasteiger partial charge >= 0.3 is 0 Å². The van der Waals surface area contributed by atoms with Crippen LogP contribution >= 0.6 is 0 Å². The molecule has 0 rings (SSSR count). The highest BCUT2D eigenvalue weighted by atomic mass is 35.5. The number of aliphatic hydroxyl groups is 2. The van der Waals surface area contributed by atoms with Gasteiger partial charge in [0.05, 0.1) is 33.8 Å². The number of ketones is 1. The monoisotopic (exact) mass is 450 g/mol. The standard InChI is InChI=1S/C24H51N2O3.ClH/c1-6-7-8-9-10-11-12-13-14-15-16-17-24(29)22(20-27)25-19-18-23(21(2)28)26(3,4)5;/h21-23,25,27-28H,6-20H2,1-5H3;1H/q+1;/p-1. The summed E-state index contributed by atoms with van der Waals surface area (Å²) in [6.45, 7) is 4.54. The quantitative estimate of drug-likeness (QED) is 0.191. The van der Waals surface area contributed by atoms with Crippen LogP contribution in [0.5, 0.6) is 0 Å². The number of halogens is 1. The lowest BCUT2D eigenvalue weighted by Gasteiger charge is -2.36. The fraction of sp³-hybridized carbons (Fsp3) is 0.958. The van der Waals surface area contributed by atoms with Gasteiger partial charge in [-0.05, 0) is 13.3 Å². The number of likely N-dealkylation sites (N-methyl/N-ethyl adjacent to an activating group) is 1. The molecule has 0 bridgehead atoms. The van der Waals surface area contributed by atoms with Crippen molar-refractivity contribution < 1.29 is 31.9 Å².